The van der Waals surface area contributed by atoms with E-state index in [9.17, 15) is 9.59 Å². The lowest BCUT2D eigenvalue weighted by Gasteiger charge is -2.18. The quantitative estimate of drug-likeness (QED) is 0.687. The molecule has 0 radical (unpaired) electrons. The van der Waals surface area contributed by atoms with Crippen molar-refractivity contribution in [3.8, 4) is 0 Å². The zero-order valence-electron chi connectivity index (χ0n) is 11.8. The fraction of sp³-hybridized carbons (Fsp3) is 0.500. The number of carbonyl (C=O) groups excluding carboxylic acids is 1. The smallest absolute Gasteiger partial charge is 0.356 e. The second kappa shape index (κ2) is 7.47. The first-order chi connectivity index (χ1) is 10.1. The van der Waals surface area contributed by atoms with E-state index in [-0.39, 0.29) is 11.7 Å². The van der Waals surface area contributed by atoms with E-state index < -0.39 is 5.97 Å². The maximum Gasteiger partial charge on any atom is 0.356 e. The number of aromatic carboxylic acids is 1. The minimum absolute atomic E-state index is 0.00445. The number of aromatic nitrogens is 2. The predicted molar refractivity (Wildman–Crippen MR) is 77.1 cm³/mol. The number of carbonyl (C=O) groups is 2. The Labute approximate surface area is 123 Å². The van der Waals surface area contributed by atoms with Crippen LogP contribution in [0.5, 0.6) is 0 Å². The summed E-state index contributed by atoms with van der Waals surface area (Å²) in [6, 6.07) is -0.192. The monoisotopic (exact) mass is 292 g/mol. The first kappa shape index (κ1) is 15.1. The van der Waals surface area contributed by atoms with E-state index >= 15 is 0 Å². The second-order valence-corrected chi connectivity index (χ2v) is 5.09. The number of allylic oxidation sites excluding steroid dienone is 2. The lowest BCUT2D eigenvalue weighted by molar-refractivity contribution is 0.0691. The molecule has 0 saturated carbocycles. The number of rotatable bonds is 6. The maximum absolute atomic E-state index is 11.6. The van der Waals surface area contributed by atoms with Crippen molar-refractivity contribution in [3.05, 3.63) is 30.4 Å². The number of imidazole rings is 1. The van der Waals surface area contributed by atoms with Crippen molar-refractivity contribution in [1.82, 2.24) is 20.2 Å². The summed E-state index contributed by atoms with van der Waals surface area (Å²) >= 11 is 0. The Kier molecular flexibility index (Phi) is 5.36. The van der Waals surface area contributed by atoms with Gasteiger partial charge in [0, 0.05) is 25.8 Å². The fourth-order valence-corrected chi connectivity index (χ4v) is 2.23. The van der Waals surface area contributed by atoms with Gasteiger partial charge < -0.3 is 20.3 Å². The van der Waals surface area contributed by atoms with Gasteiger partial charge in [0.15, 0.2) is 5.69 Å². The number of hydrogen-bond donors (Lipinski definition) is 3. The lowest BCUT2D eigenvalue weighted by atomic mass is 9.94. The van der Waals surface area contributed by atoms with Crippen LogP contribution in [-0.4, -0.2) is 39.7 Å². The summed E-state index contributed by atoms with van der Waals surface area (Å²) < 4.78 is 1.63. The standard InChI is InChI=1S/C14H20N4O3/c19-13(20)12-9-18(10-17-12)7-6-15-14(21)16-8-11-4-2-1-3-5-11/h1-2,9-11H,3-8H2,(H,19,20)(H2,15,16,21). The highest BCUT2D eigenvalue weighted by Gasteiger charge is 2.11. The summed E-state index contributed by atoms with van der Waals surface area (Å²) in [7, 11) is 0. The number of urea groups is 1. The number of hydrogen-bond acceptors (Lipinski definition) is 3. The highest BCUT2D eigenvalue weighted by atomic mass is 16.4. The van der Waals surface area contributed by atoms with Crippen LogP contribution in [0.15, 0.2) is 24.7 Å². The van der Waals surface area contributed by atoms with E-state index in [1.54, 1.807) is 4.57 Å². The third-order valence-corrected chi connectivity index (χ3v) is 3.44. The first-order valence-corrected chi connectivity index (χ1v) is 7.07. The van der Waals surface area contributed by atoms with Crippen LogP contribution in [0.4, 0.5) is 4.79 Å². The Bertz CT molecular complexity index is 524. The van der Waals surface area contributed by atoms with Crippen LogP contribution in [-0.2, 0) is 6.54 Å². The van der Waals surface area contributed by atoms with Crippen LogP contribution in [0.1, 0.15) is 29.8 Å². The van der Waals surface area contributed by atoms with Gasteiger partial charge in [0.05, 0.1) is 6.33 Å². The molecule has 21 heavy (non-hydrogen) atoms. The molecule has 1 atom stereocenters. The van der Waals surface area contributed by atoms with Crippen LogP contribution < -0.4 is 10.6 Å². The largest absolute Gasteiger partial charge is 0.476 e. The highest BCUT2D eigenvalue weighted by molar-refractivity contribution is 5.84. The highest BCUT2D eigenvalue weighted by Crippen LogP contribution is 2.16. The van der Waals surface area contributed by atoms with Gasteiger partial charge in [0.25, 0.3) is 0 Å². The third-order valence-electron chi connectivity index (χ3n) is 3.44. The van der Waals surface area contributed by atoms with Crippen molar-refractivity contribution < 1.29 is 14.7 Å². The molecule has 1 aromatic rings. The van der Waals surface area contributed by atoms with Gasteiger partial charge in [0.1, 0.15) is 0 Å². The van der Waals surface area contributed by atoms with Crippen molar-refractivity contribution in [2.24, 2.45) is 5.92 Å². The van der Waals surface area contributed by atoms with Crippen LogP contribution in [0.2, 0.25) is 0 Å². The molecule has 1 unspecified atom stereocenters. The Hall–Kier alpha value is -2.31. The van der Waals surface area contributed by atoms with Crippen molar-refractivity contribution in [2.45, 2.75) is 25.8 Å². The minimum atomic E-state index is -1.05. The van der Waals surface area contributed by atoms with E-state index in [1.165, 1.54) is 12.5 Å². The Morgan fingerprint density at radius 1 is 1.38 bits per heavy atom. The molecule has 1 aliphatic rings. The molecule has 1 aromatic heterocycles. The normalized spacial score (nSPS) is 17.4. The topological polar surface area (TPSA) is 96.2 Å². The first-order valence-electron chi connectivity index (χ1n) is 7.07. The van der Waals surface area contributed by atoms with Gasteiger partial charge in [-0.3, -0.25) is 0 Å². The molecule has 3 N–H and O–H groups in total. The van der Waals surface area contributed by atoms with Gasteiger partial charge in [-0.2, -0.15) is 0 Å². The van der Waals surface area contributed by atoms with E-state index in [0.29, 0.717) is 25.6 Å². The average molecular weight is 292 g/mol. The molecule has 2 rings (SSSR count). The molecular weight excluding hydrogens is 272 g/mol. The van der Waals surface area contributed by atoms with Gasteiger partial charge in [-0.05, 0) is 25.2 Å². The van der Waals surface area contributed by atoms with E-state index in [1.807, 2.05) is 0 Å². The molecular formula is C14H20N4O3. The zero-order valence-corrected chi connectivity index (χ0v) is 11.8. The molecule has 0 aromatic carbocycles. The summed E-state index contributed by atoms with van der Waals surface area (Å²) in [6.07, 6.45) is 10.4. The fourth-order valence-electron chi connectivity index (χ4n) is 2.23. The van der Waals surface area contributed by atoms with Crippen LogP contribution >= 0.6 is 0 Å². The summed E-state index contributed by atoms with van der Waals surface area (Å²) in [4.78, 5) is 26.0. The van der Waals surface area contributed by atoms with Crippen LogP contribution in [0.3, 0.4) is 0 Å². The van der Waals surface area contributed by atoms with Crippen molar-refractivity contribution >= 4 is 12.0 Å². The predicted octanol–water partition coefficient (Wildman–Crippen LogP) is 1.24. The number of nitrogens with zero attached hydrogens (tertiary/aromatic N) is 2. The number of carboxylic acid groups (broad SMARTS) is 1. The third kappa shape index (κ3) is 4.94. The number of nitrogens with one attached hydrogen (secondary N) is 2. The van der Waals surface area contributed by atoms with Gasteiger partial charge in [-0.1, -0.05) is 12.2 Å². The van der Waals surface area contributed by atoms with E-state index in [2.05, 4.69) is 27.8 Å². The molecule has 2 amide bonds. The molecule has 1 heterocycles. The molecule has 7 heteroatoms. The second-order valence-electron chi connectivity index (χ2n) is 5.09. The molecule has 1 aliphatic carbocycles. The summed E-state index contributed by atoms with van der Waals surface area (Å²) in [5, 5.41) is 14.3. The van der Waals surface area contributed by atoms with Crippen LogP contribution in [0.25, 0.3) is 0 Å². The lowest BCUT2D eigenvalue weighted by Crippen LogP contribution is -2.39. The molecule has 0 spiro atoms. The van der Waals surface area contributed by atoms with Gasteiger partial charge in [-0.15, -0.1) is 0 Å². The molecule has 0 bridgehead atoms. The molecule has 0 saturated heterocycles. The summed E-state index contributed by atoms with van der Waals surface area (Å²) in [6.45, 7) is 1.59. The van der Waals surface area contributed by atoms with Gasteiger partial charge >= 0.3 is 12.0 Å². The Balaban J connectivity index is 1.62. The average Bonchev–Trinajstić information content (AvgIpc) is 2.95. The van der Waals surface area contributed by atoms with Gasteiger partial charge in [-0.25, -0.2) is 14.6 Å². The summed E-state index contributed by atoms with van der Waals surface area (Å²) in [5.74, 6) is -0.534. The maximum atomic E-state index is 11.6. The zero-order chi connectivity index (χ0) is 15.1. The van der Waals surface area contributed by atoms with Crippen molar-refractivity contribution in [1.29, 1.82) is 0 Å². The van der Waals surface area contributed by atoms with E-state index in [0.717, 1.165) is 19.3 Å². The van der Waals surface area contributed by atoms with Crippen molar-refractivity contribution in [3.63, 3.8) is 0 Å². The molecule has 114 valence electrons. The number of carboxylic acids is 1. The molecule has 0 fully saturated rings. The Morgan fingerprint density at radius 2 is 2.24 bits per heavy atom. The molecule has 7 nitrogen and oxygen atoms in total. The van der Waals surface area contributed by atoms with Gasteiger partial charge in [0.2, 0.25) is 0 Å². The summed E-state index contributed by atoms with van der Waals surface area (Å²) in [5.41, 5.74) is 0.00445. The number of amides is 2. The minimum Gasteiger partial charge on any atom is -0.476 e. The SMILES string of the molecule is O=C(NCCn1cnc(C(=O)O)c1)NCC1CC=CCC1. The van der Waals surface area contributed by atoms with E-state index in [4.69, 9.17) is 5.11 Å². The Morgan fingerprint density at radius 3 is 2.90 bits per heavy atom. The van der Waals surface area contributed by atoms with Crippen molar-refractivity contribution in [2.75, 3.05) is 13.1 Å². The van der Waals surface area contributed by atoms with Crippen LogP contribution in [0, 0.1) is 5.92 Å². The molecule has 0 aliphatic heterocycles.